The second-order valence-corrected chi connectivity index (χ2v) is 3.70. The molecule has 88 valence electrons. The van der Waals surface area contributed by atoms with Gasteiger partial charge in [0.1, 0.15) is 7.05 Å². The van der Waals surface area contributed by atoms with Crippen LogP contribution < -0.4 is 9.09 Å². The number of nitrogens with zero attached hydrogens (tertiary/aromatic N) is 1. The molecule has 17 heavy (non-hydrogen) atoms. The first-order valence-electron chi connectivity index (χ1n) is 4.86. The van der Waals surface area contributed by atoms with Crippen LogP contribution in [0.25, 0.3) is 11.3 Å². The number of hydrogen-bond donors (Lipinski definition) is 0. The fourth-order valence-corrected chi connectivity index (χ4v) is 1.87. The summed E-state index contributed by atoms with van der Waals surface area (Å²) >= 11 is 0. The average Bonchev–Trinajstić information content (AvgIpc) is 2.31. The predicted molar refractivity (Wildman–Crippen MR) is 63.2 cm³/mol. The minimum Gasteiger partial charge on any atom is -0.870 e. The van der Waals surface area contributed by atoms with E-state index in [0.717, 1.165) is 11.3 Å². The summed E-state index contributed by atoms with van der Waals surface area (Å²) in [5.41, 5.74) is 1.94. The van der Waals surface area contributed by atoms with Crippen molar-refractivity contribution in [1.29, 1.82) is 0 Å². The van der Waals surface area contributed by atoms with Crippen molar-refractivity contribution in [2.75, 3.05) is 0 Å². The van der Waals surface area contributed by atoms with Crippen LogP contribution in [0.5, 0.6) is 5.75 Å². The van der Waals surface area contributed by atoms with Crippen molar-refractivity contribution < 1.29 is 19.1 Å². The Morgan fingerprint density at radius 1 is 1.12 bits per heavy atom. The van der Waals surface area contributed by atoms with Gasteiger partial charge in [-0.15, -0.1) is 0 Å². The molecule has 4 nitrogen and oxygen atoms in total. The third kappa shape index (κ3) is 2.87. The van der Waals surface area contributed by atoms with Gasteiger partial charge in [0.15, 0.2) is 6.20 Å². The molecule has 1 aromatic carbocycles. The van der Waals surface area contributed by atoms with E-state index >= 15 is 0 Å². The molecule has 1 N–H and O–H groups in total. The number of rotatable bonds is 3. The van der Waals surface area contributed by atoms with E-state index in [4.69, 9.17) is 4.52 Å². The van der Waals surface area contributed by atoms with Gasteiger partial charge in [0.05, 0.1) is 5.56 Å². The maximum atomic E-state index is 10.5. The third-order valence-electron chi connectivity index (χ3n) is 2.33. The van der Waals surface area contributed by atoms with Crippen LogP contribution in [-0.2, 0) is 11.6 Å². The van der Waals surface area contributed by atoms with Crippen molar-refractivity contribution >= 4 is 8.69 Å². The Kier molecular flexibility index (Phi) is 4.76. The Bertz CT molecular complexity index is 502. The summed E-state index contributed by atoms with van der Waals surface area (Å²) in [6.45, 7) is 0. The molecule has 0 atom stereocenters. The summed E-state index contributed by atoms with van der Waals surface area (Å²) in [5.74, 6) is 0.605. The Balaban J connectivity index is 0.00000144. The molecule has 0 aliphatic rings. The van der Waals surface area contributed by atoms with Gasteiger partial charge in [-0.2, -0.15) is 4.57 Å². The van der Waals surface area contributed by atoms with Crippen molar-refractivity contribution in [2.45, 2.75) is 0 Å². The van der Waals surface area contributed by atoms with E-state index in [1.54, 1.807) is 6.07 Å². The smallest absolute Gasteiger partial charge is 0.396 e. The van der Waals surface area contributed by atoms with Crippen molar-refractivity contribution in [2.24, 2.45) is 7.05 Å². The molecule has 0 radical (unpaired) electrons. The molecule has 0 saturated carbocycles. The van der Waals surface area contributed by atoms with Crippen LogP contribution in [-0.4, -0.2) is 5.48 Å². The number of benzene rings is 1. The van der Waals surface area contributed by atoms with Gasteiger partial charge in [0.2, 0.25) is 5.75 Å². The fourth-order valence-electron chi connectivity index (χ4n) is 1.64. The molecule has 0 unspecified atom stereocenters. The second-order valence-electron chi connectivity index (χ2n) is 3.36. The summed E-state index contributed by atoms with van der Waals surface area (Å²) < 4.78 is 17.5. The third-order valence-corrected chi connectivity index (χ3v) is 2.60. The van der Waals surface area contributed by atoms with Crippen molar-refractivity contribution in [3.63, 3.8) is 0 Å². The standard InChI is InChI=1S/C12H11NO2P.H2O/c1-13-9-5-8-11(15-16-14)12(13)10-6-3-2-4-7-10;/h2-9H,1H3;1H2/q+1;/p-1. The maximum absolute atomic E-state index is 10.5. The summed E-state index contributed by atoms with van der Waals surface area (Å²) in [4.78, 5) is 0. The Labute approximate surface area is 101 Å². The molecule has 0 bridgehead atoms. The van der Waals surface area contributed by atoms with E-state index in [1.807, 2.05) is 54.2 Å². The summed E-state index contributed by atoms with van der Waals surface area (Å²) in [6, 6.07) is 13.5. The largest absolute Gasteiger partial charge is 0.870 e. The van der Waals surface area contributed by atoms with Gasteiger partial charge < -0.3 is 10.00 Å². The van der Waals surface area contributed by atoms with Gasteiger partial charge in [0.25, 0.3) is 5.69 Å². The van der Waals surface area contributed by atoms with Crippen LogP contribution in [0.4, 0.5) is 0 Å². The Morgan fingerprint density at radius 3 is 2.47 bits per heavy atom. The lowest BCUT2D eigenvalue weighted by Crippen LogP contribution is -2.30. The molecule has 0 amide bonds. The zero-order valence-electron chi connectivity index (χ0n) is 9.28. The minimum absolute atomic E-state index is 0. The Hall–Kier alpha value is -1.77. The second kappa shape index (κ2) is 6.09. The summed E-state index contributed by atoms with van der Waals surface area (Å²) in [5, 5.41) is 0. The molecular formula is C12H12NO3P. The average molecular weight is 249 g/mol. The van der Waals surface area contributed by atoms with Crippen molar-refractivity contribution in [3.8, 4) is 17.0 Å². The number of hydrogen-bond acceptors (Lipinski definition) is 3. The van der Waals surface area contributed by atoms with E-state index in [9.17, 15) is 4.57 Å². The summed E-state index contributed by atoms with van der Waals surface area (Å²) in [6.07, 6.45) is 1.93. The van der Waals surface area contributed by atoms with Gasteiger partial charge in [-0.25, -0.2) is 4.57 Å². The molecule has 0 aliphatic carbocycles. The van der Waals surface area contributed by atoms with Gasteiger partial charge in [-0.1, -0.05) is 18.2 Å². The van der Waals surface area contributed by atoms with Crippen LogP contribution in [0, 0.1) is 0 Å². The van der Waals surface area contributed by atoms with Gasteiger partial charge in [0, 0.05) is 6.07 Å². The van der Waals surface area contributed by atoms with E-state index in [-0.39, 0.29) is 14.2 Å². The van der Waals surface area contributed by atoms with Gasteiger partial charge >= 0.3 is 8.69 Å². The molecule has 2 aromatic rings. The van der Waals surface area contributed by atoms with Crippen LogP contribution in [0.15, 0.2) is 48.7 Å². The first-order valence-corrected chi connectivity index (χ1v) is 5.59. The van der Waals surface area contributed by atoms with E-state index < -0.39 is 0 Å². The highest BCUT2D eigenvalue weighted by Gasteiger charge is 2.16. The highest BCUT2D eigenvalue weighted by Crippen LogP contribution is 2.27. The van der Waals surface area contributed by atoms with Crippen LogP contribution >= 0.6 is 8.69 Å². The summed E-state index contributed by atoms with van der Waals surface area (Å²) in [7, 11) is 1.59. The quantitative estimate of drug-likeness (QED) is 0.620. The Morgan fingerprint density at radius 2 is 1.82 bits per heavy atom. The van der Waals surface area contributed by atoms with Crippen molar-refractivity contribution in [1.82, 2.24) is 0 Å². The molecule has 1 aromatic heterocycles. The van der Waals surface area contributed by atoms with E-state index in [0.29, 0.717) is 5.75 Å². The molecular weight excluding hydrogens is 237 g/mol. The minimum atomic E-state index is -0.341. The van der Waals surface area contributed by atoms with E-state index in [1.165, 1.54) is 0 Å². The van der Waals surface area contributed by atoms with Crippen LogP contribution in [0.3, 0.4) is 0 Å². The van der Waals surface area contributed by atoms with Gasteiger partial charge in [-0.05, 0) is 18.2 Å². The molecule has 5 heteroatoms. The lowest BCUT2D eigenvalue weighted by Gasteiger charge is -2.03. The zero-order chi connectivity index (χ0) is 11.4. The lowest BCUT2D eigenvalue weighted by molar-refractivity contribution is -0.660. The van der Waals surface area contributed by atoms with Crippen molar-refractivity contribution in [3.05, 3.63) is 48.7 Å². The van der Waals surface area contributed by atoms with Gasteiger partial charge in [-0.3, -0.25) is 0 Å². The number of aromatic nitrogens is 1. The lowest BCUT2D eigenvalue weighted by atomic mass is 10.1. The van der Waals surface area contributed by atoms with E-state index in [2.05, 4.69) is 0 Å². The predicted octanol–water partition coefficient (Wildman–Crippen LogP) is 2.59. The maximum Gasteiger partial charge on any atom is 0.396 e. The molecule has 2 rings (SSSR count). The van der Waals surface area contributed by atoms with Crippen LogP contribution in [0.2, 0.25) is 0 Å². The number of pyridine rings is 1. The molecule has 0 saturated heterocycles. The number of aryl methyl sites for hydroxylation is 1. The molecule has 0 aliphatic heterocycles. The topological polar surface area (TPSA) is 60.2 Å². The zero-order valence-corrected chi connectivity index (χ0v) is 10.2. The fraction of sp³-hybridized carbons (Fsp3) is 0.0833. The first-order chi connectivity index (χ1) is 7.83. The normalized spacial score (nSPS) is 9.71. The molecule has 0 fully saturated rings. The SMILES string of the molecule is C[n+]1cccc(OP=O)c1-c1ccccc1.[OH-]. The molecule has 0 spiro atoms. The molecule has 1 heterocycles. The highest BCUT2D eigenvalue weighted by molar-refractivity contribution is 7.17. The highest BCUT2D eigenvalue weighted by atomic mass is 31.1. The van der Waals surface area contributed by atoms with Crippen LogP contribution in [0.1, 0.15) is 0 Å². The first kappa shape index (κ1) is 13.3. The monoisotopic (exact) mass is 249 g/mol.